The second-order valence-corrected chi connectivity index (χ2v) is 4.28. The minimum absolute atomic E-state index is 0.0897. The zero-order chi connectivity index (χ0) is 15.2. The Morgan fingerprint density at radius 2 is 1.86 bits per heavy atom. The number of carboxylic acids is 1. The molecule has 0 bridgehead atoms. The molecule has 5 nitrogen and oxygen atoms in total. The van der Waals surface area contributed by atoms with Crippen molar-refractivity contribution in [2.24, 2.45) is 0 Å². The van der Waals surface area contributed by atoms with Gasteiger partial charge in [0.15, 0.2) is 0 Å². The van der Waals surface area contributed by atoms with E-state index < -0.39 is 11.9 Å². The molecule has 0 fully saturated rings. The highest BCUT2D eigenvalue weighted by Crippen LogP contribution is 2.23. The Labute approximate surface area is 122 Å². The van der Waals surface area contributed by atoms with E-state index in [2.05, 4.69) is 5.32 Å². The molecule has 0 radical (unpaired) electrons. The summed E-state index contributed by atoms with van der Waals surface area (Å²) in [6, 6.07) is 13.4. The number of anilines is 2. The summed E-state index contributed by atoms with van der Waals surface area (Å²) in [6.07, 6.45) is 0. The molecule has 0 unspecified atom stereocenters. The molecule has 2 aromatic carbocycles. The summed E-state index contributed by atoms with van der Waals surface area (Å²) in [5, 5.41) is 12.2. The van der Waals surface area contributed by atoms with Gasteiger partial charge in [0.25, 0.3) is 0 Å². The molecule has 2 N–H and O–H groups in total. The predicted octanol–water partition coefficient (Wildman–Crippen LogP) is 3.31. The minimum Gasteiger partial charge on any atom is -0.478 e. The van der Waals surface area contributed by atoms with Gasteiger partial charge in [0, 0.05) is 5.69 Å². The topological polar surface area (TPSA) is 75.6 Å². The van der Waals surface area contributed by atoms with Crippen molar-refractivity contribution < 1.29 is 19.4 Å². The van der Waals surface area contributed by atoms with Crippen molar-refractivity contribution in [3.8, 4) is 0 Å². The van der Waals surface area contributed by atoms with Gasteiger partial charge in [-0.3, -0.25) is 0 Å². The number of hydrogen-bond donors (Lipinski definition) is 2. The van der Waals surface area contributed by atoms with Crippen molar-refractivity contribution >= 4 is 23.3 Å². The second kappa shape index (κ2) is 6.56. The SMILES string of the molecule is CCOC(=O)c1ccc(C(=O)O)c(Nc2ccccc2)c1. The van der Waals surface area contributed by atoms with Crippen LogP contribution in [0, 0.1) is 0 Å². The standard InChI is InChI=1S/C16H15NO4/c1-2-21-16(20)11-8-9-13(15(18)19)14(10-11)17-12-6-4-3-5-7-12/h3-10,17H,2H2,1H3,(H,18,19). The number of rotatable bonds is 5. The van der Waals surface area contributed by atoms with Gasteiger partial charge >= 0.3 is 11.9 Å². The van der Waals surface area contributed by atoms with E-state index in [9.17, 15) is 14.7 Å². The molecule has 2 rings (SSSR count). The third-order valence-corrected chi connectivity index (χ3v) is 2.81. The first-order valence-corrected chi connectivity index (χ1v) is 6.48. The van der Waals surface area contributed by atoms with Crippen LogP contribution in [-0.4, -0.2) is 23.7 Å². The highest BCUT2D eigenvalue weighted by atomic mass is 16.5. The lowest BCUT2D eigenvalue weighted by Crippen LogP contribution is -2.08. The number of carbonyl (C=O) groups excluding carboxylic acids is 1. The van der Waals surface area contributed by atoms with Gasteiger partial charge in [-0.05, 0) is 37.3 Å². The Kier molecular flexibility index (Phi) is 4.56. The van der Waals surface area contributed by atoms with Crippen molar-refractivity contribution in [2.75, 3.05) is 11.9 Å². The number of benzene rings is 2. The summed E-state index contributed by atoms with van der Waals surface area (Å²) in [5.74, 6) is -1.55. The Morgan fingerprint density at radius 3 is 2.48 bits per heavy atom. The van der Waals surface area contributed by atoms with E-state index in [1.165, 1.54) is 18.2 Å². The normalized spacial score (nSPS) is 9.95. The third kappa shape index (κ3) is 3.60. The van der Waals surface area contributed by atoms with Crippen LogP contribution in [0.1, 0.15) is 27.6 Å². The highest BCUT2D eigenvalue weighted by molar-refractivity contribution is 5.98. The van der Waals surface area contributed by atoms with Crippen molar-refractivity contribution in [3.63, 3.8) is 0 Å². The number of aromatic carboxylic acids is 1. The molecule has 2 aromatic rings. The average molecular weight is 285 g/mol. The third-order valence-electron chi connectivity index (χ3n) is 2.81. The van der Waals surface area contributed by atoms with Gasteiger partial charge in [0.1, 0.15) is 0 Å². The van der Waals surface area contributed by atoms with Gasteiger partial charge in [-0.1, -0.05) is 18.2 Å². The second-order valence-electron chi connectivity index (χ2n) is 4.28. The number of esters is 1. The van der Waals surface area contributed by atoms with Crippen molar-refractivity contribution in [1.82, 2.24) is 0 Å². The van der Waals surface area contributed by atoms with Crippen LogP contribution < -0.4 is 5.32 Å². The number of carbonyl (C=O) groups is 2. The summed E-state index contributed by atoms with van der Waals surface area (Å²) in [5.41, 5.74) is 1.48. The predicted molar refractivity (Wildman–Crippen MR) is 79.1 cm³/mol. The maximum absolute atomic E-state index is 11.7. The molecule has 0 heterocycles. The molecule has 21 heavy (non-hydrogen) atoms. The zero-order valence-electron chi connectivity index (χ0n) is 11.5. The zero-order valence-corrected chi connectivity index (χ0v) is 11.5. The minimum atomic E-state index is -1.07. The molecular weight excluding hydrogens is 270 g/mol. The molecule has 0 spiro atoms. The number of hydrogen-bond acceptors (Lipinski definition) is 4. The summed E-state index contributed by atoms with van der Waals surface area (Å²) < 4.78 is 4.92. The van der Waals surface area contributed by atoms with Crippen LogP contribution in [0.4, 0.5) is 11.4 Å². The van der Waals surface area contributed by atoms with Crippen molar-refractivity contribution in [3.05, 3.63) is 59.7 Å². The number of carboxylic acid groups (broad SMARTS) is 1. The lowest BCUT2D eigenvalue weighted by Gasteiger charge is -2.11. The van der Waals surface area contributed by atoms with Crippen LogP contribution in [0.15, 0.2) is 48.5 Å². The lowest BCUT2D eigenvalue weighted by molar-refractivity contribution is 0.0525. The molecule has 0 aliphatic carbocycles. The van der Waals surface area contributed by atoms with Gasteiger partial charge in [-0.2, -0.15) is 0 Å². The van der Waals surface area contributed by atoms with Gasteiger partial charge in [0.05, 0.1) is 23.4 Å². The molecule has 0 aromatic heterocycles. The molecule has 5 heteroatoms. The van der Waals surface area contributed by atoms with Crippen LogP contribution in [-0.2, 0) is 4.74 Å². The van der Waals surface area contributed by atoms with Crippen LogP contribution in [0.25, 0.3) is 0 Å². The smallest absolute Gasteiger partial charge is 0.338 e. The fraction of sp³-hybridized carbons (Fsp3) is 0.125. The van der Waals surface area contributed by atoms with E-state index in [0.717, 1.165) is 5.69 Å². The van der Waals surface area contributed by atoms with Crippen molar-refractivity contribution in [1.29, 1.82) is 0 Å². The van der Waals surface area contributed by atoms with Gasteiger partial charge in [-0.15, -0.1) is 0 Å². The molecular formula is C16H15NO4. The van der Waals surface area contributed by atoms with Crippen LogP contribution in [0.2, 0.25) is 0 Å². The molecule has 0 aliphatic rings. The van der Waals surface area contributed by atoms with E-state index in [-0.39, 0.29) is 12.2 Å². The molecule has 0 saturated heterocycles. The molecule has 0 aliphatic heterocycles. The summed E-state index contributed by atoms with van der Waals surface area (Å²) in [7, 11) is 0. The number of ether oxygens (including phenoxy) is 1. The van der Waals surface area contributed by atoms with Crippen LogP contribution in [0.3, 0.4) is 0 Å². The highest BCUT2D eigenvalue weighted by Gasteiger charge is 2.14. The Hall–Kier alpha value is -2.82. The first-order chi connectivity index (χ1) is 10.1. The lowest BCUT2D eigenvalue weighted by atomic mass is 10.1. The summed E-state index contributed by atoms with van der Waals surface area (Å²) in [4.78, 5) is 23.0. The van der Waals surface area contributed by atoms with Gasteiger partial charge in [0.2, 0.25) is 0 Å². The summed E-state index contributed by atoms with van der Waals surface area (Å²) >= 11 is 0. The molecule has 108 valence electrons. The molecule has 0 atom stereocenters. The fourth-order valence-electron chi connectivity index (χ4n) is 1.85. The molecule has 0 saturated carbocycles. The quantitative estimate of drug-likeness (QED) is 0.824. The Morgan fingerprint density at radius 1 is 1.14 bits per heavy atom. The first kappa shape index (κ1) is 14.6. The van der Waals surface area contributed by atoms with Gasteiger partial charge in [-0.25, -0.2) is 9.59 Å². The number of nitrogens with one attached hydrogen (secondary N) is 1. The van der Waals surface area contributed by atoms with E-state index in [0.29, 0.717) is 11.3 Å². The van der Waals surface area contributed by atoms with Gasteiger partial charge < -0.3 is 15.2 Å². The van der Waals surface area contributed by atoms with Crippen LogP contribution in [0.5, 0.6) is 0 Å². The Balaban J connectivity index is 2.37. The maximum atomic E-state index is 11.7. The maximum Gasteiger partial charge on any atom is 0.338 e. The fourth-order valence-corrected chi connectivity index (χ4v) is 1.85. The van der Waals surface area contributed by atoms with Crippen molar-refractivity contribution in [2.45, 2.75) is 6.92 Å². The van der Waals surface area contributed by atoms with E-state index in [1.54, 1.807) is 6.92 Å². The largest absolute Gasteiger partial charge is 0.478 e. The number of para-hydroxylation sites is 1. The average Bonchev–Trinajstić information content (AvgIpc) is 2.48. The monoisotopic (exact) mass is 285 g/mol. The van der Waals surface area contributed by atoms with E-state index in [1.807, 2.05) is 30.3 Å². The Bertz CT molecular complexity index is 653. The van der Waals surface area contributed by atoms with E-state index >= 15 is 0 Å². The summed E-state index contributed by atoms with van der Waals surface area (Å²) in [6.45, 7) is 1.98. The van der Waals surface area contributed by atoms with Crippen LogP contribution >= 0.6 is 0 Å². The molecule has 0 amide bonds. The first-order valence-electron chi connectivity index (χ1n) is 6.48. The van der Waals surface area contributed by atoms with E-state index in [4.69, 9.17) is 4.74 Å².